The Bertz CT molecular complexity index is 966. The van der Waals surface area contributed by atoms with Gasteiger partial charge in [0.25, 0.3) is 5.91 Å². The van der Waals surface area contributed by atoms with Crippen LogP contribution in [0.2, 0.25) is 0 Å². The summed E-state index contributed by atoms with van der Waals surface area (Å²) in [5, 5.41) is 12.1. The average molecular weight is 423 g/mol. The number of aryl methyl sites for hydroxylation is 3. The summed E-state index contributed by atoms with van der Waals surface area (Å²) in [7, 11) is 3.16. The largest absolute Gasteiger partial charge is 0.493 e. The SMILES string of the molecule is COCCCNC(=O)/C(C#N)=C/c1ccc(OCc2c(C)cc(C)cc2C)c(OC)c1. The molecule has 0 unspecified atom stereocenters. The Balaban J connectivity index is 2.14. The highest BCUT2D eigenvalue weighted by Crippen LogP contribution is 2.30. The number of nitrogens with one attached hydrogen (secondary N) is 1. The van der Waals surface area contributed by atoms with Crippen molar-refractivity contribution in [1.82, 2.24) is 5.32 Å². The molecule has 31 heavy (non-hydrogen) atoms. The summed E-state index contributed by atoms with van der Waals surface area (Å²) in [4.78, 5) is 12.2. The highest BCUT2D eigenvalue weighted by molar-refractivity contribution is 6.01. The second-order valence-corrected chi connectivity index (χ2v) is 7.35. The lowest BCUT2D eigenvalue weighted by atomic mass is 10.0. The predicted octanol–water partition coefficient (Wildman–Crippen LogP) is 4.26. The molecule has 0 bridgehead atoms. The van der Waals surface area contributed by atoms with Gasteiger partial charge < -0.3 is 19.5 Å². The van der Waals surface area contributed by atoms with E-state index in [4.69, 9.17) is 14.2 Å². The molecule has 2 aromatic rings. The minimum Gasteiger partial charge on any atom is -0.493 e. The molecule has 1 amide bonds. The van der Waals surface area contributed by atoms with Gasteiger partial charge in [-0.05, 0) is 67.7 Å². The second-order valence-electron chi connectivity index (χ2n) is 7.35. The van der Waals surface area contributed by atoms with E-state index in [0.29, 0.717) is 43.2 Å². The highest BCUT2D eigenvalue weighted by atomic mass is 16.5. The number of amides is 1. The van der Waals surface area contributed by atoms with Crippen LogP contribution in [0.3, 0.4) is 0 Å². The van der Waals surface area contributed by atoms with Crippen molar-refractivity contribution < 1.29 is 19.0 Å². The summed E-state index contributed by atoms with van der Waals surface area (Å²) in [6, 6.07) is 11.6. The fraction of sp³-hybridized carbons (Fsp3) is 0.360. The van der Waals surface area contributed by atoms with Gasteiger partial charge in [0.2, 0.25) is 0 Å². The van der Waals surface area contributed by atoms with Crippen LogP contribution in [0.1, 0.15) is 34.2 Å². The molecule has 0 fully saturated rings. The smallest absolute Gasteiger partial charge is 0.261 e. The quantitative estimate of drug-likeness (QED) is 0.352. The zero-order valence-electron chi connectivity index (χ0n) is 18.9. The average Bonchev–Trinajstić information content (AvgIpc) is 2.74. The minimum atomic E-state index is -0.414. The first kappa shape index (κ1) is 24.0. The van der Waals surface area contributed by atoms with Gasteiger partial charge >= 0.3 is 0 Å². The van der Waals surface area contributed by atoms with Crippen LogP contribution < -0.4 is 14.8 Å². The Morgan fingerprint density at radius 1 is 1.10 bits per heavy atom. The van der Waals surface area contributed by atoms with Gasteiger partial charge in [-0.1, -0.05) is 23.8 Å². The van der Waals surface area contributed by atoms with E-state index in [-0.39, 0.29) is 5.57 Å². The van der Waals surface area contributed by atoms with Crippen LogP contribution in [0.4, 0.5) is 0 Å². The molecular weight excluding hydrogens is 392 g/mol. The van der Waals surface area contributed by atoms with Crippen LogP contribution >= 0.6 is 0 Å². The van der Waals surface area contributed by atoms with Crippen molar-refractivity contribution in [3.05, 3.63) is 63.7 Å². The molecule has 2 rings (SSSR count). The van der Waals surface area contributed by atoms with E-state index < -0.39 is 5.91 Å². The van der Waals surface area contributed by atoms with Crippen LogP contribution in [-0.2, 0) is 16.1 Å². The van der Waals surface area contributed by atoms with E-state index in [1.165, 1.54) is 22.8 Å². The lowest BCUT2D eigenvalue weighted by Crippen LogP contribution is -2.26. The summed E-state index contributed by atoms with van der Waals surface area (Å²) in [5.74, 6) is 0.721. The van der Waals surface area contributed by atoms with Crippen LogP contribution in [0.15, 0.2) is 35.9 Å². The lowest BCUT2D eigenvalue weighted by molar-refractivity contribution is -0.117. The van der Waals surface area contributed by atoms with Crippen molar-refractivity contribution in [3.8, 4) is 17.6 Å². The number of ether oxygens (including phenoxy) is 3. The van der Waals surface area contributed by atoms with Crippen molar-refractivity contribution in [1.29, 1.82) is 5.26 Å². The number of hydrogen-bond acceptors (Lipinski definition) is 5. The molecule has 6 nitrogen and oxygen atoms in total. The Morgan fingerprint density at radius 3 is 2.42 bits per heavy atom. The van der Waals surface area contributed by atoms with Crippen molar-refractivity contribution in [2.75, 3.05) is 27.4 Å². The number of nitrogens with zero attached hydrogens (tertiary/aromatic N) is 1. The molecule has 1 N–H and O–H groups in total. The van der Waals surface area contributed by atoms with E-state index in [1.807, 2.05) is 6.07 Å². The molecule has 6 heteroatoms. The van der Waals surface area contributed by atoms with Gasteiger partial charge in [-0.2, -0.15) is 5.26 Å². The summed E-state index contributed by atoms with van der Waals surface area (Å²) < 4.78 is 16.4. The monoisotopic (exact) mass is 422 g/mol. The molecule has 0 aromatic heterocycles. The van der Waals surface area contributed by atoms with E-state index >= 15 is 0 Å². The molecule has 0 saturated heterocycles. The Labute approximate surface area is 184 Å². The summed E-state index contributed by atoms with van der Waals surface area (Å²) in [6.07, 6.45) is 2.22. The standard InChI is InChI=1S/C25H30N2O4/c1-17-11-18(2)22(19(3)12-17)16-31-23-8-7-20(14-24(23)30-5)13-21(15-26)25(28)27-9-6-10-29-4/h7-8,11-14H,6,9-10,16H2,1-5H3,(H,27,28)/b21-13+. The predicted molar refractivity (Wildman–Crippen MR) is 121 cm³/mol. The van der Waals surface area contributed by atoms with E-state index in [0.717, 1.165) is 5.56 Å². The van der Waals surface area contributed by atoms with Crippen molar-refractivity contribution in [2.24, 2.45) is 0 Å². The van der Waals surface area contributed by atoms with E-state index in [9.17, 15) is 10.1 Å². The van der Waals surface area contributed by atoms with Crippen molar-refractivity contribution >= 4 is 12.0 Å². The Kier molecular flexibility index (Phi) is 9.11. The molecule has 0 spiro atoms. The fourth-order valence-electron chi connectivity index (χ4n) is 3.31. The molecule has 0 radical (unpaired) electrons. The van der Waals surface area contributed by atoms with E-state index in [1.54, 1.807) is 32.4 Å². The van der Waals surface area contributed by atoms with Crippen LogP contribution in [-0.4, -0.2) is 33.3 Å². The van der Waals surface area contributed by atoms with Gasteiger partial charge in [0.05, 0.1) is 7.11 Å². The molecule has 0 aliphatic heterocycles. The third kappa shape index (κ3) is 6.87. The number of nitriles is 1. The molecule has 2 aromatic carbocycles. The molecule has 0 saturated carbocycles. The molecule has 164 valence electrons. The Morgan fingerprint density at radius 2 is 1.81 bits per heavy atom. The number of carbonyl (C=O) groups excluding carboxylic acids is 1. The maximum Gasteiger partial charge on any atom is 0.261 e. The zero-order chi connectivity index (χ0) is 22.8. The highest BCUT2D eigenvalue weighted by Gasteiger charge is 2.12. The molecule has 0 heterocycles. The van der Waals surface area contributed by atoms with Gasteiger partial charge in [-0.25, -0.2) is 0 Å². The first-order valence-electron chi connectivity index (χ1n) is 10.2. The topological polar surface area (TPSA) is 80.6 Å². The van der Waals surface area contributed by atoms with Gasteiger partial charge in [-0.15, -0.1) is 0 Å². The number of hydrogen-bond donors (Lipinski definition) is 1. The van der Waals surface area contributed by atoms with Crippen molar-refractivity contribution in [3.63, 3.8) is 0 Å². The zero-order valence-corrected chi connectivity index (χ0v) is 18.9. The van der Waals surface area contributed by atoms with Crippen molar-refractivity contribution in [2.45, 2.75) is 33.8 Å². The van der Waals surface area contributed by atoms with Gasteiger partial charge in [-0.3, -0.25) is 4.79 Å². The first-order chi connectivity index (χ1) is 14.9. The Hall–Kier alpha value is -3.30. The molecule has 0 aliphatic rings. The number of benzene rings is 2. The summed E-state index contributed by atoms with van der Waals surface area (Å²) >= 11 is 0. The number of rotatable bonds is 10. The normalized spacial score (nSPS) is 11.0. The van der Waals surface area contributed by atoms with Crippen LogP contribution in [0.5, 0.6) is 11.5 Å². The van der Waals surface area contributed by atoms with Crippen LogP contribution in [0.25, 0.3) is 6.08 Å². The third-order valence-corrected chi connectivity index (χ3v) is 4.89. The second kappa shape index (κ2) is 11.8. The van der Waals surface area contributed by atoms with E-state index in [2.05, 4.69) is 38.2 Å². The summed E-state index contributed by atoms with van der Waals surface area (Å²) in [6.45, 7) is 7.65. The minimum absolute atomic E-state index is 0.0269. The fourth-order valence-corrected chi connectivity index (χ4v) is 3.31. The van der Waals surface area contributed by atoms with Gasteiger partial charge in [0.15, 0.2) is 11.5 Å². The third-order valence-electron chi connectivity index (χ3n) is 4.89. The number of methoxy groups -OCH3 is 2. The maximum absolute atomic E-state index is 12.2. The lowest BCUT2D eigenvalue weighted by Gasteiger charge is -2.15. The molecule has 0 atom stereocenters. The van der Waals surface area contributed by atoms with Crippen LogP contribution in [0, 0.1) is 32.1 Å². The van der Waals surface area contributed by atoms with Gasteiger partial charge in [0.1, 0.15) is 18.2 Å². The molecule has 0 aliphatic carbocycles. The first-order valence-corrected chi connectivity index (χ1v) is 10.2. The number of carbonyl (C=O) groups is 1. The van der Waals surface area contributed by atoms with Gasteiger partial charge in [0, 0.05) is 20.3 Å². The maximum atomic E-state index is 12.2. The molecular formula is C25H30N2O4. The summed E-state index contributed by atoms with van der Waals surface area (Å²) in [5.41, 5.74) is 5.45.